The van der Waals surface area contributed by atoms with Crippen LogP contribution in [0.15, 0.2) is 33.8 Å². The van der Waals surface area contributed by atoms with Gasteiger partial charge in [0, 0.05) is 12.5 Å². The third-order valence-corrected chi connectivity index (χ3v) is 7.56. The highest BCUT2D eigenvalue weighted by atomic mass is 127. The van der Waals surface area contributed by atoms with E-state index in [4.69, 9.17) is 9.42 Å². The van der Waals surface area contributed by atoms with Gasteiger partial charge in [0.2, 0.25) is 0 Å². The number of rotatable bonds is 5. The van der Waals surface area contributed by atoms with Gasteiger partial charge >= 0.3 is 0 Å². The predicted molar refractivity (Wildman–Crippen MR) is 102 cm³/mol. The third kappa shape index (κ3) is 4.75. The Bertz CT molecular complexity index is 562. The van der Waals surface area contributed by atoms with E-state index in [9.17, 15) is 0 Å². The molecule has 0 aromatic carbocycles. The molecule has 1 aliphatic carbocycles. The molecule has 0 spiro atoms. The Labute approximate surface area is 161 Å². The Kier molecular flexibility index (Phi) is 6.63. The molecular weight excluding hydrogens is 441 g/mol. The fourth-order valence-corrected chi connectivity index (χ4v) is 5.03. The quantitative estimate of drug-likeness (QED) is 0.241. The Morgan fingerprint density at radius 3 is 2.83 bits per heavy atom. The Morgan fingerprint density at radius 2 is 2.13 bits per heavy atom. The number of amidine groups is 1. The number of hydrogen-bond donors (Lipinski definition) is 1. The van der Waals surface area contributed by atoms with Gasteiger partial charge in [0.05, 0.1) is 35.0 Å². The van der Waals surface area contributed by atoms with E-state index < -0.39 is 0 Å². The summed E-state index contributed by atoms with van der Waals surface area (Å²) in [5.41, 5.74) is 2.94. The topological polar surface area (TPSA) is 38.4 Å². The maximum absolute atomic E-state index is 6.00. The number of hydrogen-bond acceptors (Lipinski definition) is 3. The maximum atomic E-state index is 6.00. The van der Waals surface area contributed by atoms with Crippen molar-refractivity contribution in [2.45, 2.75) is 39.7 Å². The highest BCUT2D eigenvalue weighted by Gasteiger charge is 2.40. The zero-order chi connectivity index (χ0) is 15.7. The fraction of sp³-hybridized carbons (Fsp3) is 0.625. The van der Waals surface area contributed by atoms with Gasteiger partial charge in [-0.1, -0.05) is 20.8 Å². The molecule has 0 bridgehead atoms. The number of quaternary nitrogens is 1. The standard InChI is InChI=1S/C16H24IN3OSi.ClH/c1-16(2,3)10-22-21-9-11-6-12(7-11)14-13-8-18-4-5-20(13)15(17)19-14;/h4-5,8,11-12H,6-7,9-10,22H2,1-3H3;1H. The molecule has 4 nitrogen and oxygen atoms in total. The molecule has 3 aliphatic rings. The summed E-state index contributed by atoms with van der Waals surface area (Å²) in [6.07, 6.45) is 8.35. The van der Waals surface area contributed by atoms with Gasteiger partial charge in [-0.2, -0.15) is 4.99 Å². The summed E-state index contributed by atoms with van der Waals surface area (Å²) in [7, 11) is -0.347. The highest BCUT2D eigenvalue weighted by Crippen LogP contribution is 2.41. The molecule has 2 heterocycles. The number of allylic oxidation sites excluding steroid dienone is 2. The van der Waals surface area contributed by atoms with Crippen molar-refractivity contribution in [1.82, 2.24) is 0 Å². The minimum atomic E-state index is -0.347. The lowest BCUT2D eigenvalue weighted by molar-refractivity contribution is -0.684. The molecule has 0 radical (unpaired) electrons. The lowest BCUT2D eigenvalue weighted by Gasteiger charge is -2.35. The van der Waals surface area contributed by atoms with Crippen molar-refractivity contribution in [3.63, 3.8) is 0 Å². The third-order valence-electron chi connectivity index (χ3n) is 4.51. The normalized spacial score (nSPS) is 29.6. The van der Waals surface area contributed by atoms with Crippen molar-refractivity contribution in [2.75, 3.05) is 6.61 Å². The van der Waals surface area contributed by atoms with Crippen LogP contribution in [0.4, 0.5) is 0 Å². The molecule has 3 rings (SSSR count). The molecule has 0 saturated heterocycles. The number of aliphatic imine (C=N–C) groups is 2. The Hall–Kier alpha value is -0.0231. The van der Waals surface area contributed by atoms with Crippen molar-refractivity contribution in [3.05, 3.63) is 23.8 Å². The van der Waals surface area contributed by atoms with Gasteiger partial charge in [-0.15, -0.1) is 0 Å². The summed E-state index contributed by atoms with van der Waals surface area (Å²) in [5, 5.41) is 0. The largest absolute Gasteiger partial charge is 1.00 e. The average molecular weight is 466 g/mol. The summed E-state index contributed by atoms with van der Waals surface area (Å²) < 4.78 is 7.11. The number of fused-ring (bicyclic) bond motifs is 1. The Morgan fingerprint density at radius 1 is 1.39 bits per heavy atom. The second-order valence-corrected chi connectivity index (χ2v) is 9.97. The van der Waals surface area contributed by atoms with Crippen LogP contribution in [0, 0.1) is 17.3 Å². The Balaban J connectivity index is 0.00000192. The van der Waals surface area contributed by atoms with Gasteiger partial charge in [0.1, 0.15) is 11.9 Å². The van der Waals surface area contributed by atoms with Crippen LogP contribution >= 0.6 is 22.6 Å². The first-order valence-electron chi connectivity index (χ1n) is 8.07. The van der Waals surface area contributed by atoms with Gasteiger partial charge in [-0.3, -0.25) is 4.99 Å². The van der Waals surface area contributed by atoms with Crippen molar-refractivity contribution >= 4 is 42.4 Å². The SMILES string of the molecule is CC(C)(C)C[SiH2]OCC1CC(C2=C3C=NC=C[NH+]3C(I)=N2)C1.[Cl-]. The summed E-state index contributed by atoms with van der Waals surface area (Å²) in [5.74, 6) is 1.34. The molecule has 1 saturated carbocycles. The molecule has 128 valence electrons. The second-order valence-electron chi connectivity index (χ2n) is 7.63. The van der Waals surface area contributed by atoms with Crippen molar-refractivity contribution < 1.29 is 21.7 Å². The first-order valence-corrected chi connectivity index (χ1v) is 10.7. The molecule has 0 amide bonds. The minimum absolute atomic E-state index is 0. The highest BCUT2D eigenvalue weighted by molar-refractivity contribution is 14.1. The van der Waals surface area contributed by atoms with E-state index in [0.717, 1.165) is 16.4 Å². The zero-order valence-electron chi connectivity index (χ0n) is 14.0. The van der Waals surface area contributed by atoms with Gasteiger partial charge in [0.25, 0.3) is 3.84 Å². The van der Waals surface area contributed by atoms with E-state index in [1.54, 1.807) is 0 Å². The fourth-order valence-electron chi connectivity index (χ4n) is 3.04. The second kappa shape index (κ2) is 7.90. The van der Waals surface area contributed by atoms with E-state index in [1.165, 1.54) is 35.2 Å². The average Bonchev–Trinajstić information content (AvgIpc) is 2.73. The van der Waals surface area contributed by atoms with Gasteiger partial charge in [-0.05, 0) is 30.2 Å². The molecule has 7 heteroatoms. The summed E-state index contributed by atoms with van der Waals surface area (Å²) in [6.45, 7) is 7.85. The van der Waals surface area contributed by atoms with E-state index in [0.29, 0.717) is 11.3 Å². The molecule has 0 aromatic heterocycles. The van der Waals surface area contributed by atoms with Crippen LogP contribution in [0.25, 0.3) is 0 Å². The lowest BCUT2D eigenvalue weighted by Crippen LogP contribution is -3.07. The van der Waals surface area contributed by atoms with Crippen LogP contribution in [0.5, 0.6) is 0 Å². The molecule has 1 fully saturated rings. The van der Waals surface area contributed by atoms with Gasteiger partial charge in [0.15, 0.2) is 15.5 Å². The van der Waals surface area contributed by atoms with E-state index in [1.807, 2.05) is 12.4 Å². The van der Waals surface area contributed by atoms with Crippen LogP contribution < -0.4 is 17.3 Å². The van der Waals surface area contributed by atoms with E-state index >= 15 is 0 Å². The smallest absolute Gasteiger partial charge is 0.272 e. The summed E-state index contributed by atoms with van der Waals surface area (Å²) >= 11 is 2.33. The van der Waals surface area contributed by atoms with Crippen LogP contribution in [0.2, 0.25) is 6.04 Å². The van der Waals surface area contributed by atoms with Crippen molar-refractivity contribution in [2.24, 2.45) is 27.2 Å². The monoisotopic (exact) mass is 465 g/mol. The molecule has 1 unspecified atom stereocenters. The molecule has 23 heavy (non-hydrogen) atoms. The van der Waals surface area contributed by atoms with Crippen molar-refractivity contribution in [1.29, 1.82) is 0 Å². The molecule has 2 aliphatic heterocycles. The van der Waals surface area contributed by atoms with Gasteiger partial charge < -0.3 is 16.8 Å². The minimum Gasteiger partial charge on any atom is -1.00 e. The maximum Gasteiger partial charge on any atom is 0.272 e. The lowest BCUT2D eigenvalue weighted by atomic mass is 9.73. The number of nitrogens with zero attached hydrogens (tertiary/aromatic N) is 2. The van der Waals surface area contributed by atoms with Gasteiger partial charge in [-0.25, -0.2) is 4.90 Å². The number of halogens is 2. The first-order chi connectivity index (χ1) is 10.4. The van der Waals surface area contributed by atoms with Crippen LogP contribution in [-0.4, -0.2) is 26.4 Å². The summed E-state index contributed by atoms with van der Waals surface area (Å²) in [4.78, 5) is 10.3. The molecule has 0 aromatic rings. The van der Waals surface area contributed by atoms with Crippen LogP contribution in [0.1, 0.15) is 33.6 Å². The van der Waals surface area contributed by atoms with E-state index in [-0.39, 0.29) is 22.2 Å². The predicted octanol–water partition coefficient (Wildman–Crippen LogP) is -0.962. The first kappa shape index (κ1) is 19.3. The molecular formula is C16H25ClIN3OSi. The number of nitrogens with one attached hydrogen (secondary N) is 1. The molecule has 1 atom stereocenters. The van der Waals surface area contributed by atoms with Crippen molar-refractivity contribution in [3.8, 4) is 0 Å². The van der Waals surface area contributed by atoms with Crippen LogP contribution in [-0.2, 0) is 4.43 Å². The van der Waals surface area contributed by atoms with Crippen LogP contribution in [0.3, 0.4) is 0 Å². The van der Waals surface area contributed by atoms with E-state index in [2.05, 4.69) is 54.6 Å². The molecule has 1 N–H and O–H groups in total. The summed E-state index contributed by atoms with van der Waals surface area (Å²) in [6, 6.07) is 1.27. The zero-order valence-corrected chi connectivity index (χ0v) is 18.3.